The lowest BCUT2D eigenvalue weighted by molar-refractivity contribution is -0.141. The molecular weight excluding hydrogens is 281 g/mol. The second-order valence-corrected chi connectivity index (χ2v) is 4.79. The molecule has 0 saturated heterocycles. The van der Waals surface area contributed by atoms with Crippen molar-refractivity contribution in [3.8, 4) is 11.6 Å². The van der Waals surface area contributed by atoms with Gasteiger partial charge in [-0.05, 0) is 43.2 Å². The summed E-state index contributed by atoms with van der Waals surface area (Å²) in [6, 6.07) is 7.59. The summed E-state index contributed by atoms with van der Waals surface area (Å²) in [6.45, 7) is 3.80. The number of hydrogen-bond acceptors (Lipinski definition) is 3. The highest BCUT2D eigenvalue weighted by Gasteiger charge is 2.33. The highest BCUT2D eigenvalue weighted by atomic mass is 19.4. The lowest BCUT2D eigenvalue weighted by atomic mass is 10.1. The van der Waals surface area contributed by atoms with Crippen LogP contribution < -0.4 is 10.5 Å². The molecule has 0 aliphatic rings. The minimum absolute atomic E-state index is 0.0469. The normalized spacial score (nSPS) is 11.5. The monoisotopic (exact) mass is 296 g/mol. The van der Waals surface area contributed by atoms with Crippen LogP contribution in [0.5, 0.6) is 11.6 Å². The fourth-order valence-corrected chi connectivity index (χ4v) is 1.97. The Morgan fingerprint density at radius 3 is 2.24 bits per heavy atom. The smallest absolute Gasteiger partial charge is 0.433 e. The Kier molecular flexibility index (Phi) is 4.18. The molecule has 2 rings (SSSR count). The summed E-state index contributed by atoms with van der Waals surface area (Å²) in [5.41, 5.74) is 6.84. The van der Waals surface area contributed by atoms with Gasteiger partial charge in [-0.1, -0.05) is 12.1 Å². The van der Waals surface area contributed by atoms with Crippen molar-refractivity contribution in [2.45, 2.75) is 26.6 Å². The molecule has 0 radical (unpaired) electrons. The molecule has 0 atom stereocenters. The summed E-state index contributed by atoms with van der Waals surface area (Å²) in [4.78, 5) is 3.54. The lowest BCUT2D eigenvalue weighted by Crippen LogP contribution is -2.10. The maximum Gasteiger partial charge on any atom is 0.433 e. The lowest BCUT2D eigenvalue weighted by Gasteiger charge is -2.13. The average Bonchev–Trinajstić information content (AvgIpc) is 2.36. The van der Waals surface area contributed by atoms with E-state index < -0.39 is 11.9 Å². The van der Waals surface area contributed by atoms with Gasteiger partial charge in [0.2, 0.25) is 5.88 Å². The summed E-state index contributed by atoms with van der Waals surface area (Å²) in [5.74, 6) is 0.325. The average molecular weight is 296 g/mol. The molecule has 0 aliphatic carbocycles. The van der Waals surface area contributed by atoms with Gasteiger partial charge in [-0.2, -0.15) is 13.2 Å². The van der Waals surface area contributed by atoms with Crippen molar-refractivity contribution < 1.29 is 17.9 Å². The molecule has 1 aromatic carbocycles. The van der Waals surface area contributed by atoms with Crippen LogP contribution in [0.2, 0.25) is 0 Å². The SMILES string of the molecule is Cc1cc(C)cc(Oc2nc(C(F)(F)F)ccc2CN)c1. The number of alkyl halides is 3. The number of aromatic nitrogens is 1. The number of halogens is 3. The zero-order valence-electron chi connectivity index (χ0n) is 11.7. The van der Waals surface area contributed by atoms with Gasteiger partial charge in [0.1, 0.15) is 11.4 Å². The maximum atomic E-state index is 12.7. The largest absolute Gasteiger partial charge is 0.439 e. The van der Waals surface area contributed by atoms with E-state index in [0.717, 1.165) is 17.2 Å². The fourth-order valence-electron chi connectivity index (χ4n) is 1.97. The van der Waals surface area contributed by atoms with Crippen LogP contribution in [-0.2, 0) is 12.7 Å². The van der Waals surface area contributed by atoms with E-state index in [1.54, 1.807) is 12.1 Å². The van der Waals surface area contributed by atoms with Crippen LogP contribution in [0.3, 0.4) is 0 Å². The first-order valence-electron chi connectivity index (χ1n) is 6.33. The van der Waals surface area contributed by atoms with Gasteiger partial charge < -0.3 is 10.5 Å². The first kappa shape index (κ1) is 15.3. The van der Waals surface area contributed by atoms with Crippen molar-refractivity contribution in [3.63, 3.8) is 0 Å². The first-order valence-corrected chi connectivity index (χ1v) is 6.33. The van der Waals surface area contributed by atoms with Crippen LogP contribution in [0.15, 0.2) is 30.3 Å². The van der Waals surface area contributed by atoms with Crippen molar-refractivity contribution in [2.24, 2.45) is 5.73 Å². The minimum Gasteiger partial charge on any atom is -0.439 e. The number of ether oxygens (including phenoxy) is 1. The quantitative estimate of drug-likeness (QED) is 0.932. The van der Waals surface area contributed by atoms with E-state index in [1.165, 1.54) is 6.07 Å². The van der Waals surface area contributed by atoms with Gasteiger partial charge >= 0.3 is 6.18 Å². The molecule has 2 N–H and O–H groups in total. The summed E-state index contributed by atoms with van der Waals surface area (Å²) in [5, 5.41) is 0. The Balaban J connectivity index is 2.41. The van der Waals surface area contributed by atoms with Gasteiger partial charge in [0.15, 0.2) is 0 Å². The number of benzene rings is 1. The van der Waals surface area contributed by atoms with Crippen molar-refractivity contribution in [1.29, 1.82) is 0 Å². The highest BCUT2D eigenvalue weighted by molar-refractivity contribution is 5.38. The Bertz CT molecular complexity index is 634. The Labute approximate surface area is 120 Å². The van der Waals surface area contributed by atoms with Crippen molar-refractivity contribution in [2.75, 3.05) is 0 Å². The van der Waals surface area contributed by atoms with E-state index in [1.807, 2.05) is 19.9 Å². The molecule has 0 saturated carbocycles. The molecule has 21 heavy (non-hydrogen) atoms. The number of rotatable bonds is 3. The number of nitrogens with two attached hydrogens (primary N) is 1. The predicted molar refractivity (Wildman–Crippen MR) is 73.1 cm³/mol. The number of pyridine rings is 1. The zero-order chi connectivity index (χ0) is 15.6. The molecule has 0 unspecified atom stereocenters. The van der Waals surface area contributed by atoms with E-state index in [4.69, 9.17) is 10.5 Å². The maximum absolute atomic E-state index is 12.7. The van der Waals surface area contributed by atoms with Crippen LogP contribution >= 0.6 is 0 Å². The second kappa shape index (κ2) is 5.73. The van der Waals surface area contributed by atoms with Crippen LogP contribution in [0, 0.1) is 13.8 Å². The van der Waals surface area contributed by atoms with Crippen LogP contribution in [0.1, 0.15) is 22.4 Å². The molecule has 0 bridgehead atoms. The zero-order valence-corrected chi connectivity index (χ0v) is 11.7. The summed E-state index contributed by atoms with van der Waals surface area (Å²) in [6.07, 6.45) is -4.52. The van der Waals surface area contributed by atoms with Crippen LogP contribution in [-0.4, -0.2) is 4.98 Å². The third-order valence-corrected chi connectivity index (χ3v) is 2.86. The van der Waals surface area contributed by atoms with Crippen molar-refractivity contribution in [1.82, 2.24) is 4.98 Å². The van der Waals surface area contributed by atoms with Gasteiger partial charge in [0.05, 0.1) is 0 Å². The Hall–Kier alpha value is -2.08. The predicted octanol–water partition coefficient (Wildman–Crippen LogP) is 3.97. The molecular formula is C15H15F3N2O. The number of aryl methyl sites for hydroxylation is 2. The van der Waals surface area contributed by atoms with Crippen LogP contribution in [0.4, 0.5) is 13.2 Å². The second-order valence-electron chi connectivity index (χ2n) is 4.79. The summed E-state index contributed by atoms with van der Waals surface area (Å²) < 4.78 is 43.7. The van der Waals surface area contributed by atoms with E-state index in [0.29, 0.717) is 11.3 Å². The minimum atomic E-state index is -4.52. The fraction of sp³-hybridized carbons (Fsp3) is 0.267. The topological polar surface area (TPSA) is 48.1 Å². The number of nitrogens with zero attached hydrogens (tertiary/aromatic N) is 1. The van der Waals surface area contributed by atoms with Gasteiger partial charge in [-0.15, -0.1) is 0 Å². The molecule has 3 nitrogen and oxygen atoms in total. The molecule has 0 spiro atoms. The third kappa shape index (κ3) is 3.72. The summed E-state index contributed by atoms with van der Waals surface area (Å²) in [7, 11) is 0. The molecule has 0 amide bonds. The first-order chi connectivity index (χ1) is 9.79. The van der Waals surface area contributed by atoms with Crippen molar-refractivity contribution in [3.05, 3.63) is 52.7 Å². The van der Waals surface area contributed by atoms with Gasteiger partial charge in [0.25, 0.3) is 0 Å². The molecule has 2 aromatic rings. The molecule has 0 aliphatic heterocycles. The van der Waals surface area contributed by atoms with E-state index in [-0.39, 0.29) is 12.4 Å². The van der Waals surface area contributed by atoms with E-state index in [2.05, 4.69) is 4.98 Å². The van der Waals surface area contributed by atoms with Gasteiger partial charge in [0, 0.05) is 12.1 Å². The molecule has 6 heteroatoms. The molecule has 1 aromatic heterocycles. The third-order valence-electron chi connectivity index (χ3n) is 2.86. The van der Waals surface area contributed by atoms with Crippen LogP contribution in [0.25, 0.3) is 0 Å². The van der Waals surface area contributed by atoms with E-state index in [9.17, 15) is 13.2 Å². The number of hydrogen-bond donors (Lipinski definition) is 1. The van der Waals surface area contributed by atoms with Crippen molar-refractivity contribution >= 4 is 0 Å². The molecule has 112 valence electrons. The Morgan fingerprint density at radius 1 is 1.10 bits per heavy atom. The van der Waals surface area contributed by atoms with E-state index >= 15 is 0 Å². The van der Waals surface area contributed by atoms with Gasteiger partial charge in [-0.25, -0.2) is 4.98 Å². The van der Waals surface area contributed by atoms with Gasteiger partial charge in [-0.3, -0.25) is 0 Å². The standard InChI is InChI=1S/C15H15F3N2O/c1-9-5-10(2)7-12(6-9)21-14-11(8-19)3-4-13(20-14)15(16,17)18/h3-7H,8,19H2,1-2H3. The Morgan fingerprint density at radius 2 is 1.71 bits per heavy atom. The highest BCUT2D eigenvalue weighted by Crippen LogP contribution is 2.32. The molecule has 0 fully saturated rings. The summed E-state index contributed by atoms with van der Waals surface area (Å²) >= 11 is 0. The molecule has 1 heterocycles.